The third-order valence-corrected chi connectivity index (χ3v) is 1.61. The number of ether oxygens (including phenoxy) is 1. The Kier molecular flexibility index (Phi) is 4.58. The minimum absolute atomic E-state index is 0.143. The van der Waals surface area contributed by atoms with Crippen molar-refractivity contribution in [3.05, 3.63) is 0 Å². The van der Waals surface area contributed by atoms with E-state index in [1.54, 1.807) is 34.6 Å². The molecular formula is C10H19NO4. The van der Waals surface area contributed by atoms with Gasteiger partial charge in [-0.3, -0.25) is 0 Å². The van der Waals surface area contributed by atoms with Gasteiger partial charge in [0.05, 0.1) is 0 Å². The number of carbonyl (C=O) groups excluding carboxylic acids is 1. The number of nitrogens with one attached hydrogen (secondary N) is 1. The van der Waals surface area contributed by atoms with Crippen LogP contribution in [-0.4, -0.2) is 28.8 Å². The summed E-state index contributed by atoms with van der Waals surface area (Å²) in [5, 5.41) is 10.7. The number of carbonyl (C=O) groups is 2. The second-order valence-electron chi connectivity index (χ2n) is 4.70. The molecule has 15 heavy (non-hydrogen) atoms. The lowest BCUT2D eigenvalue weighted by atomic mass is 10.0. The summed E-state index contributed by atoms with van der Waals surface area (Å²) in [6.07, 6.45) is -1.22. The quantitative estimate of drug-likeness (QED) is 0.704. The fourth-order valence-electron chi connectivity index (χ4n) is 0.996. The van der Waals surface area contributed by atoms with Crippen LogP contribution in [-0.2, 0) is 9.53 Å². The summed E-state index contributed by atoms with van der Waals surface area (Å²) in [5.74, 6) is -0.684. The van der Waals surface area contributed by atoms with Crippen LogP contribution in [0.2, 0.25) is 0 Å². The zero-order chi connectivity index (χ0) is 12.2. The van der Waals surface area contributed by atoms with Gasteiger partial charge in [0.15, 0.2) is 0 Å². The third kappa shape index (κ3) is 5.93. The first-order valence-corrected chi connectivity index (χ1v) is 4.86. The number of hydrogen-bond donors (Lipinski definition) is 2. The first-order valence-electron chi connectivity index (χ1n) is 4.86. The summed E-state index contributed by atoms with van der Waals surface area (Å²) < 4.78 is 5.10. The van der Waals surface area contributed by atoms with Gasteiger partial charge >= 0.3 is 12.1 Å². The summed E-state index contributed by atoms with van der Waals surface area (Å²) in [6, 6.07) is -0.818. The van der Waals surface area contributed by atoms with Crippen molar-refractivity contribution in [2.45, 2.75) is 46.3 Å². The standard InChI is InChI=1S/C10H19NO4/c1-6(2)7(11-9(13)14)8(12)15-10(3,4)5/h6-7,11H,1-5H3,(H,13,14)/t7-/m0/s1. The third-order valence-electron chi connectivity index (χ3n) is 1.61. The summed E-state index contributed by atoms with van der Waals surface area (Å²) in [6.45, 7) is 8.73. The molecule has 0 spiro atoms. The van der Waals surface area contributed by atoms with Gasteiger partial charge in [-0.15, -0.1) is 0 Å². The maximum atomic E-state index is 11.6. The lowest BCUT2D eigenvalue weighted by molar-refractivity contribution is -0.158. The minimum atomic E-state index is -1.22. The summed E-state index contributed by atoms with van der Waals surface area (Å²) in [7, 11) is 0. The topological polar surface area (TPSA) is 75.6 Å². The fraction of sp³-hybridized carbons (Fsp3) is 0.800. The molecule has 5 heteroatoms. The van der Waals surface area contributed by atoms with Crippen LogP contribution in [0.4, 0.5) is 4.79 Å². The van der Waals surface area contributed by atoms with Crippen molar-refractivity contribution in [3.8, 4) is 0 Å². The molecule has 0 fully saturated rings. The van der Waals surface area contributed by atoms with Crippen molar-refractivity contribution in [2.24, 2.45) is 5.92 Å². The molecule has 5 nitrogen and oxygen atoms in total. The molecule has 0 aromatic carbocycles. The Morgan fingerprint density at radius 1 is 1.27 bits per heavy atom. The molecule has 1 amide bonds. The van der Waals surface area contributed by atoms with E-state index >= 15 is 0 Å². The van der Waals surface area contributed by atoms with E-state index in [-0.39, 0.29) is 5.92 Å². The predicted molar refractivity (Wildman–Crippen MR) is 55.6 cm³/mol. The van der Waals surface area contributed by atoms with E-state index in [0.29, 0.717) is 0 Å². The highest BCUT2D eigenvalue weighted by atomic mass is 16.6. The molecule has 0 unspecified atom stereocenters. The molecule has 0 aromatic rings. The molecule has 0 aliphatic carbocycles. The van der Waals surface area contributed by atoms with E-state index in [4.69, 9.17) is 9.84 Å². The second-order valence-corrected chi connectivity index (χ2v) is 4.70. The van der Waals surface area contributed by atoms with Crippen LogP contribution in [0.1, 0.15) is 34.6 Å². The van der Waals surface area contributed by atoms with Gasteiger partial charge in [-0.05, 0) is 26.7 Å². The minimum Gasteiger partial charge on any atom is -0.465 e. The van der Waals surface area contributed by atoms with Crippen molar-refractivity contribution in [1.29, 1.82) is 0 Å². The Bertz CT molecular complexity index is 242. The number of hydrogen-bond acceptors (Lipinski definition) is 3. The van der Waals surface area contributed by atoms with Gasteiger partial charge in [-0.25, -0.2) is 9.59 Å². The van der Waals surface area contributed by atoms with Crippen molar-refractivity contribution >= 4 is 12.1 Å². The van der Waals surface area contributed by atoms with Gasteiger partial charge in [-0.2, -0.15) is 0 Å². The van der Waals surface area contributed by atoms with Gasteiger partial charge in [0, 0.05) is 0 Å². The molecule has 0 radical (unpaired) electrons. The van der Waals surface area contributed by atoms with Crippen LogP contribution >= 0.6 is 0 Å². The first kappa shape index (κ1) is 13.7. The lowest BCUT2D eigenvalue weighted by Gasteiger charge is -2.25. The van der Waals surface area contributed by atoms with Crippen LogP contribution in [0.25, 0.3) is 0 Å². The number of esters is 1. The molecule has 0 aromatic heterocycles. The van der Waals surface area contributed by atoms with Gasteiger partial charge < -0.3 is 15.2 Å². The zero-order valence-electron chi connectivity index (χ0n) is 9.83. The molecule has 0 heterocycles. The summed E-state index contributed by atoms with van der Waals surface area (Å²) in [4.78, 5) is 22.1. The van der Waals surface area contributed by atoms with Crippen molar-refractivity contribution in [3.63, 3.8) is 0 Å². The molecule has 88 valence electrons. The predicted octanol–water partition coefficient (Wildman–Crippen LogP) is 1.62. The molecule has 0 saturated heterocycles. The van der Waals surface area contributed by atoms with Gasteiger partial charge in [0.25, 0.3) is 0 Å². The van der Waals surface area contributed by atoms with Crippen LogP contribution < -0.4 is 5.32 Å². The van der Waals surface area contributed by atoms with E-state index in [0.717, 1.165) is 0 Å². The second kappa shape index (κ2) is 5.00. The summed E-state index contributed by atoms with van der Waals surface area (Å²) >= 11 is 0. The summed E-state index contributed by atoms with van der Waals surface area (Å²) in [5.41, 5.74) is -0.607. The normalized spacial score (nSPS) is 13.5. The maximum Gasteiger partial charge on any atom is 0.405 e. The Balaban J connectivity index is 4.50. The highest BCUT2D eigenvalue weighted by molar-refractivity contribution is 5.81. The van der Waals surface area contributed by atoms with Crippen LogP contribution in [0, 0.1) is 5.92 Å². The van der Waals surface area contributed by atoms with Crippen molar-refractivity contribution in [1.82, 2.24) is 5.32 Å². The monoisotopic (exact) mass is 217 g/mol. The Morgan fingerprint density at radius 3 is 2.00 bits per heavy atom. The van der Waals surface area contributed by atoms with E-state index in [2.05, 4.69) is 5.32 Å². The number of rotatable bonds is 3. The Morgan fingerprint density at radius 2 is 1.73 bits per heavy atom. The van der Waals surface area contributed by atoms with Gasteiger partial charge in [0.2, 0.25) is 0 Å². The highest BCUT2D eigenvalue weighted by Gasteiger charge is 2.28. The van der Waals surface area contributed by atoms with Gasteiger partial charge in [0.1, 0.15) is 11.6 Å². The van der Waals surface area contributed by atoms with Crippen molar-refractivity contribution in [2.75, 3.05) is 0 Å². The zero-order valence-corrected chi connectivity index (χ0v) is 9.83. The molecular weight excluding hydrogens is 198 g/mol. The highest BCUT2D eigenvalue weighted by Crippen LogP contribution is 2.12. The van der Waals surface area contributed by atoms with Crippen LogP contribution in [0.5, 0.6) is 0 Å². The van der Waals surface area contributed by atoms with E-state index < -0.39 is 23.7 Å². The smallest absolute Gasteiger partial charge is 0.405 e. The largest absolute Gasteiger partial charge is 0.465 e. The first-order chi connectivity index (χ1) is 6.63. The number of amides is 1. The molecule has 0 aliphatic rings. The Labute approximate surface area is 89.8 Å². The van der Waals surface area contributed by atoms with Gasteiger partial charge in [-0.1, -0.05) is 13.8 Å². The lowest BCUT2D eigenvalue weighted by Crippen LogP contribution is -2.46. The van der Waals surface area contributed by atoms with Crippen LogP contribution in [0.3, 0.4) is 0 Å². The Hall–Kier alpha value is -1.26. The molecule has 2 N–H and O–H groups in total. The van der Waals surface area contributed by atoms with E-state index in [9.17, 15) is 9.59 Å². The molecule has 0 bridgehead atoms. The molecule has 0 rings (SSSR count). The fourth-order valence-corrected chi connectivity index (χ4v) is 0.996. The van der Waals surface area contributed by atoms with E-state index in [1.165, 1.54) is 0 Å². The van der Waals surface area contributed by atoms with Crippen molar-refractivity contribution < 1.29 is 19.4 Å². The van der Waals surface area contributed by atoms with Crippen LogP contribution in [0.15, 0.2) is 0 Å². The molecule has 1 atom stereocenters. The molecule has 0 aliphatic heterocycles. The number of carboxylic acid groups (broad SMARTS) is 1. The SMILES string of the molecule is CC(C)[C@H](NC(=O)O)C(=O)OC(C)(C)C. The average Bonchev–Trinajstić information content (AvgIpc) is 1.95. The van der Waals surface area contributed by atoms with E-state index in [1.807, 2.05) is 0 Å². The average molecular weight is 217 g/mol. The maximum absolute atomic E-state index is 11.6. The molecule has 0 saturated carbocycles.